The Balaban J connectivity index is 1.02. The highest BCUT2D eigenvalue weighted by Gasteiger charge is 2.20. The third-order valence-electron chi connectivity index (χ3n) is 12.9. The molecule has 292 valence electrons. The summed E-state index contributed by atoms with van der Waals surface area (Å²) in [5, 5.41) is 7.72. The van der Waals surface area contributed by atoms with Crippen LogP contribution >= 0.6 is 11.3 Å². The zero-order chi connectivity index (χ0) is 41.0. The molecule has 0 radical (unpaired) electrons. The lowest BCUT2D eigenvalue weighted by atomic mass is 9.83. The Morgan fingerprint density at radius 1 is 0.371 bits per heavy atom. The first-order valence-electron chi connectivity index (χ1n) is 21.5. The van der Waals surface area contributed by atoms with E-state index in [-0.39, 0.29) is 5.92 Å². The van der Waals surface area contributed by atoms with Crippen LogP contribution in [0.25, 0.3) is 91.8 Å². The van der Waals surface area contributed by atoms with Gasteiger partial charge in [0.15, 0.2) is 0 Å². The monoisotopic (exact) mass is 807 g/mol. The third kappa shape index (κ3) is 6.31. The van der Waals surface area contributed by atoms with Crippen molar-refractivity contribution in [3.8, 4) is 39.1 Å². The first-order valence-corrected chi connectivity index (χ1v) is 22.3. The second-order valence-corrected chi connectivity index (χ2v) is 17.5. The number of hydrogen-bond acceptors (Lipinski definition) is 1. The Kier molecular flexibility index (Phi) is 8.90. The first kappa shape index (κ1) is 36.3. The maximum absolute atomic E-state index is 2.49. The van der Waals surface area contributed by atoms with E-state index in [1.54, 1.807) is 0 Å². The van der Waals surface area contributed by atoms with Crippen LogP contribution in [-0.4, -0.2) is 4.57 Å². The number of para-hydroxylation sites is 1. The van der Waals surface area contributed by atoms with Gasteiger partial charge in [-0.15, -0.1) is 11.3 Å². The van der Waals surface area contributed by atoms with Crippen molar-refractivity contribution in [1.29, 1.82) is 0 Å². The fraction of sp³-hybridized carbons (Fsp3) is 0.0333. The highest BCUT2D eigenvalue weighted by Crippen LogP contribution is 2.44. The molecular weight excluding hydrogens is 767 g/mol. The van der Waals surface area contributed by atoms with Gasteiger partial charge in [-0.2, -0.15) is 0 Å². The second-order valence-electron chi connectivity index (χ2n) is 16.4. The van der Waals surface area contributed by atoms with E-state index in [4.69, 9.17) is 0 Å². The highest BCUT2D eigenvalue weighted by molar-refractivity contribution is 7.26. The summed E-state index contributed by atoms with van der Waals surface area (Å²) < 4.78 is 5.11. The summed E-state index contributed by atoms with van der Waals surface area (Å²) in [6.07, 6.45) is 0.903. The number of hydrogen-bond donors (Lipinski definition) is 0. The standard InChI is InChI=1S/C60H41NS/c1-3-14-40(15-4-1)42-26-28-44(29-27-42)54(36-48-20-13-19-43-18-7-8-21-50(43)48)45-30-32-46(33-31-45)55-38-49(39-56-53-23-10-12-25-59(53)62-60(55)56)61-57-24-11-9-22-51(57)52-35-34-47(37-58(52)61)41-16-5-2-6-17-41/h1-35,37-39,54H,36H2. The average molecular weight is 808 g/mol. The van der Waals surface area contributed by atoms with E-state index >= 15 is 0 Å². The lowest BCUT2D eigenvalue weighted by Gasteiger charge is -2.21. The van der Waals surface area contributed by atoms with Crippen LogP contribution in [0.15, 0.2) is 231 Å². The van der Waals surface area contributed by atoms with Gasteiger partial charge in [-0.05, 0) is 92.0 Å². The number of rotatable bonds is 8. The molecular formula is C60H41NS. The van der Waals surface area contributed by atoms with Gasteiger partial charge in [0, 0.05) is 48.1 Å². The van der Waals surface area contributed by atoms with Gasteiger partial charge in [0.25, 0.3) is 0 Å². The number of benzene rings is 10. The van der Waals surface area contributed by atoms with E-state index in [0.717, 1.165) is 6.42 Å². The Bertz CT molecular complexity index is 3570. The summed E-state index contributed by atoms with van der Waals surface area (Å²) in [5.41, 5.74) is 15.0. The Hall–Kier alpha value is -7.52. The third-order valence-corrected chi connectivity index (χ3v) is 14.1. The van der Waals surface area contributed by atoms with E-state index < -0.39 is 0 Å². The molecule has 2 heterocycles. The Morgan fingerprint density at radius 3 is 1.69 bits per heavy atom. The SMILES string of the molecule is c1ccc(-c2ccc(C(Cc3cccc4ccccc34)c3ccc(-c4cc(-n5c6ccccc6c6ccc(-c7ccccc7)cc65)cc5c4sc4ccccc45)cc3)cc2)cc1. The minimum absolute atomic E-state index is 0.173. The van der Waals surface area contributed by atoms with Gasteiger partial charge in [0.05, 0.1) is 11.0 Å². The van der Waals surface area contributed by atoms with Crippen LogP contribution in [0.3, 0.4) is 0 Å². The van der Waals surface area contributed by atoms with Gasteiger partial charge in [0.1, 0.15) is 0 Å². The number of aromatic nitrogens is 1. The summed E-state index contributed by atoms with van der Waals surface area (Å²) >= 11 is 1.90. The molecule has 2 heteroatoms. The van der Waals surface area contributed by atoms with Gasteiger partial charge in [-0.25, -0.2) is 0 Å². The molecule has 0 aliphatic heterocycles. The van der Waals surface area contributed by atoms with Crippen LogP contribution in [0.4, 0.5) is 0 Å². The maximum atomic E-state index is 2.49. The zero-order valence-corrected chi connectivity index (χ0v) is 34.9. The molecule has 0 bridgehead atoms. The zero-order valence-electron chi connectivity index (χ0n) is 34.1. The van der Waals surface area contributed by atoms with Crippen molar-refractivity contribution in [2.45, 2.75) is 12.3 Å². The second kappa shape index (κ2) is 15.2. The van der Waals surface area contributed by atoms with E-state index in [9.17, 15) is 0 Å². The summed E-state index contributed by atoms with van der Waals surface area (Å²) in [7, 11) is 0. The molecule has 0 saturated carbocycles. The van der Waals surface area contributed by atoms with E-state index in [1.165, 1.54) is 109 Å². The quantitative estimate of drug-likeness (QED) is 0.144. The smallest absolute Gasteiger partial charge is 0.0547 e. The molecule has 1 unspecified atom stereocenters. The maximum Gasteiger partial charge on any atom is 0.0547 e. The fourth-order valence-electron chi connectivity index (χ4n) is 9.77. The Labute approximate surface area is 365 Å². The summed E-state index contributed by atoms with van der Waals surface area (Å²) in [5.74, 6) is 0.173. The van der Waals surface area contributed by atoms with Gasteiger partial charge in [-0.3, -0.25) is 0 Å². The van der Waals surface area contributed by atoms with Crippen molar-refractivity contribution in [2.75, 3.05) is 0 Å². The molecule has 2 aromatic heterocycles. The van der Waals surface area contributed by atoms with Crippen molar-refractivity contribution < 1.29 is 0 Å². The molecule has 12 rings (SSSR count). The molecule has 0 aliphatic carbocycles. The van der Waals surface area contributed by atoms with Crippen molar-refractivity contribution >= 4 is 64.1 Å². The molecule has 0 aliphatic rings. The molecule has 0 N–H and O–H groups in total. The van der Waals surface area contributed by atoms with Gasteiger partial charge in [-0.1, -0.05) is 200 Å². The first-order chi connectivity index (χ1) is 30.7. The number of thiophene rings is 1. The fourth-order valence-corrected chi connectivity index (χ4v) is 11.0. The highest BCUT2D eigenvalue weighted by atomic mass is 32.1. The lowest BCUT2D eigenvalue weighted by molar-refractivity contribution is 0.810. The lowest BCUT2D eigenvalue weighted by Crippen LogP contribution is -2.06. The molecule has 0 amide bonds. The number of fused-ring (bicyclic) bond motifs is 7. The molecule has 0 saturated heterocycles. The normalized spacial score (nSPS) is 12.2. The molecule has 1 nitrogen and oxygen atoms in total. The van der Waals surface area contributed by atoms with E-state index in [1.807, 2.05) is 11.3 Å². The van der Waals surface area contributed by atoms with Crippen LogP contribution in [-0.2, 0) is 6.42 Å². The van der Waals surface area contributed by atoms with E-state index in [0.29, 0.717) is 0 Å². The molecule has 0 fully saturated rings. The summed E-state index contributed by atoms with van der Waals surface area (Å²) in [4.78, 5) is 0. The average Bonchev–Trinajstić information content (AvgIpc) is 3.89. The van der Waals surface area contributed by atoms with Gasteiger partial charge < -0.3 is 4.57 Å². The van der Waals surface area contributed by atoms with Gasteiger partial charge in [0.2, 0.25) is 0 Å². The molecule has 0 spiro atoms. The summed E-state index contributed by atoms with van der Waals surface area (Å²) in [6, 6.07) is 85.2. The van der Waals surface area contributed by atoms with Crippen molar-refractivity contribution in [1.82, 2.24) is 4.57 Å². The van der Waals surface area contributed by atoms with Crippen molar-refractivity contribution in [3.63, 3.8) is 0 Å². The van der Waals surface area contributed by atoms with Crippen LogP contribution in [0.5, 0.6) is 0 Å². The van der Waals surface area contributed by atoms with Crippen LogP contribution < -0.4 is 0 Å². The van der Waals surface area contributed by atoms with Crippen LogP contribution in [0.1, 0.15) is 22.6 Å². The topological polar surface area (TPSA) is 4.93 Å². The molecule has 1 atom stereocenters. The molecule has 10 aromatic carbocycles. The molecule has 12 aromatic rings. The minimum atomic E-state index is 0.173. The van der Waals surface area contributed by atoms with Crippen LogP contribution in [0.2, 0.25) is 0 Å². The Morgan fingerprint density at radius 2 is 0.935 bits per heavy atom. The van der Waals surface area contributed by atoms with Crippen LogP contribution in [0, 0.1) is 0 Å². The molecule has 62 heavy (non-hydrogen) atoms. The number of nitrogens with zero attached hydrogens (tertiary/aromatic N) is 1. The van der Waals surface area contributed by atoms with E-state index in [2.05, 4.69) is 235 Å². The predicted octanol–water partition coefficient (Wildman–Crippen LogP) is 16.7. The van der Waals surface area contributed by atoms with Crippen molar-refractivity contribution in [3.05, 3.63) is 247 Å². The minimum Gasteiger partial charge on any atom is -0.309 e. The summed E-state index contributed by atoms with van der Waals surface area (Å²) in [6.45, 7) is 0. The largest absolute Gasteiger partial charge is 0.309 e. The van der Waals surface area contributed by atoms with Crippen molar-refractivity contribution in [2.24, 2.45) is 0 Å². The predicted molar refractivity (Wildman–Crippen MR) is 266 cm³/mol. The van der Waals surface area contributed by atoms with Gasteiger partial charge >= 0.3 is 0 Å².